The molecule has 2 heterocycles. The molecule has 0 saturated heterocycles. The topological polar surface area (TPSA) is 107 Å². The highest BCUT2D eigenvalue weighted by atomic mass is 16.5. The maximum absolute atomic E-state index is 12.9. The van der Waals surface area contributed by atoms with Gasteiger partial charge in [0.1, 0.15) is 0 Å². The molecule has 2 aliphatic rings. The van der Waals surface area contributed by atoms with Crippen LogP contribution in [0.1, 0.15) is 54.9 Å². The van der Waals surface area contributed by atoms with Crippen molar-refractivity contribution in [1.82, 2.24) is 20.1 Å². The number of carbonyl (C=O) groups is 1. The first-order valence-corrected chi connectivity index (χ1v) is 8.88. The molecule has 26 heavy (non-hydrogen) atoms. The van der Waals surface area contributed by atoms with Crippen molar-refractivity contribution >= 4 is 5.91 Å². The van der Waals surface area contributed by atoms with Crippen molar-refractivity contribution in [2.24, 2.45) is 11.3 Å². The van der Waals surface area contributed by atoms with Crippen molar-refractivity contribution in [3.63, 3.8) is 0 Å². The molecule has 8 heteroatoms. The molecule has 0 radical (unpaired) electrons. The van der Waals surface area contributed by atoms with Crippen molar-refractivity contribution in [3.05, 3.63) is 40.7 Å². The highest BCUT2D eigenvalue weighted by Crippen LogP contribution is 2.57. The van der Waals surface area contributed by atoms with Crippen LogP contribution < -0.4 is 10.0 Å². The Labute approximate surface area is 151 Å². The molecular formula is C18H23N5O3. The molecule has 0 spiro atoms. The number of nitrogens with one attached hydrogen (secondary N) is 1. The molecule has 1 amide bonds. The second-order valence-electron chi connectivity index (χ2n) is 8.28. The molecule has 138 valence electrons. The van der Waals surface area contributed by atoms with Crippen molar-refractivity contribution in [2.45, 2.75) is 45.6 Å². The number of hydrogen-bond acceptors (Lipinski definition) is 5. The van der Waals surface area contributed by atoms with Crippen LogP contribution >= 0.6 is 0 Å². The number of aliphatic hydroxyl groups is 1. The van der Waals surface area contributed by atoms with Gasteiger partial charge in [-0.1, -0.05) is 20.8 Å². The van der Waals surface area contributed by atoms with Gasteiger partial charge in [0.2, 0.25) is 12.0 Å². The van der Waals surface area contributed by atoms with E-state index in [2.05, 4.69) is 15.4 Å². The summed E-state index contributed by atoms with van der Waals surface area (Å²) < 4.78 is 2.32. The minimum atomic E-state index is -0.370. The van der Waals surface area contributed by atoms with Crippen molar-refractivity contribution in [2.75, 3.05) is 6.61 Å². The first-order valence-electron chi connectivity index (χ1n) is 8.88. The molecule has 0 aliphatic heterocycles. The van der Waals surface area contributed by atoms with Crippen LogP contribution in [-0.4, -0.2) is 38.4 Å². The predicted molar refractivity (Wildman–Crippen MR) is 92.7 cm³/mol. The average Bonchev–Trinajstić information content (AvgIpc) is 3.07. The highest BCUT2D eigenvalue weighted by molar-refractivity contribution is 5.94. The van der Waals surface area contributed by atoms with E-state index in [-0.39, 0.29) is 24.0 Å². The molecule has 0 bridgehead atoms. The summed E-state index contributed by atoms with van der Waals surface area (Å²) in [5.74, 6) is 1.07. The van der Waals surface area contributed by atoms with Crippen molar-refractivity contribution in [1.29, 1.82) is 0 Å². The Balaban J connectivity index is 1.71. The lowest BCUT2D eigenvalue weighted by Gasteiger charge is -2.29. The van der Waals surface area contributed by atoms with E-state index in [1.54, 1.807) is 4.68 Å². The SMILES string of the molecule is CC(C)(C)[C@@H](CO)NC(=O)c1nn(-c2c[n+]([O-])ccn2)c2c1CC1C[C@H]21. The fraction of sp³-hybridized carbons (Fsp3) is 0.556. The molecule has 1 saturated carbocycles. The van der Waals surface area contributed by atoms with E-state index in [9.17, 15) is 15.1 Å². The van der Waals surface area contributed by atoms with Crippen molar-refractivity contribution < 1.29 is 14.6 Å². The summed E-state index contributed by atoms with van der Waals surface area (Å²) in [6.45, 7) is 5.76. The second kappa shape index (κ2) is 5.77. The Kier molecular flexibility index (Phi) is 3.76. The summed E-state index contributed by atoms with van der Waals surface area (Å²) in [6, 6.07) is -0.370. The van der Waals surface area contributed by atoms with E-state index in [4.69, 9.17) is 0 Å². The highest BCUT2D eigenvalue weighted by Gasteiger charge is 2.50. The summed E-state index contributed by atoms with van der Waals surface area (Å²) in [5.41, 5.74) is 2.04. The maximum Gasteiger partial charge on any atom is 0.272 e. The lowest BCUT2D eigenvalue weighted by atomic mass is 9.87. The minimum absolute atomic E-state index is 0.139. The van der Waals surface area contributed by atoms with E-state index < -0.39 is 0 Å². The molecule has 2 aliphatic carbocycles. The van der Waals surface area contributed by atoms with Crippen LogP contribution in [0.3, 0.4) is 0 Å². The first kappa shape index (κ1) is 17.0. The van der Waals surface area contributed by atoms with Gasteiger partial charge in [0, 0.05) is 11.5 Å². The Hall–Kier alpha value is -2.48. The number of fused-ring (bicyclic) bond motifs is 3. The standard InChI is InChI=1S/C18H23N5O3/c1-18(2,3)13(9-24)20-17(25)15-12-7-10-6-11(10)16(12)23(21-15)14-8-22(26)5-4-19-14/h4-5,8,10-11,13,24H,6-7,9H2,1-3H3,(H,20,25)/t10?,11-,13+/m0/s1. The van der Waals surface area contributed by atoms with Crippen LogP contribution in [0.25, 0.3) is 5.82 Å². The second-order valence-corrected chi connectivity index (χ2v) is 8.28. The van der Waals surface area contributed by atoms with Crippen molar-refractivity contribution in [3.8, 4) is 5.82 Å². The number of hydrogen-bond donors (Lipinski definition) is 2. The summed E-state index contributed by atoms with van der Waals surface area (Å²) >= 11 is 0. The zero-order valence-electron chi connectivity index (χ0n) is 15.1. The molecule has 2 aromatic rings. The summed E-state index contributed by atoms with van der Waals surface area (Å²) in [5, 5.41) is 28.6. The fourth-order valence-corrected chi connectivity index (χ4v) is 3.71. The number of nitrogens with zero attached hydrogens (tertiary/aromatic N) is 4. The number of rotatable bonds is 4. The lowest BCUT2D eigenvalue weighted by Crippen LogP contribution is -2.46. The third-order valence-corrected chi connectivity index (χ3v) is 5.39. The number of carbonyl (C=O) groups excluding carboxylic acids is 1. The van der Waals surface area contributed by atoms with E-state index in [1.807, 2.05) is 20.8 Å². The van der Waals surface area contributed by atoms with E-state index in [1.165, 1.54) is 18.6 Å². The van der Waals surface area contributed by atoms with Crippen LogP contribution in [-0.2, 0) is 6.42 Å². The molecule has 2 aromatic heterocycles. The Morgan fingerprint density at radius 1 is 1.54 bits per heavy atom. The Morgan fingerprint density at radius 2 is 2.31 bits per heavy atom. The zero-order valence-corrected chi connectivity index (χ0v) is 15.1. The Bertz CT molecular complexity index is 870. The zero-order chi connectivity index (χ0) is 18.6. The molecule has 0 aromatic carbocycles. The van der Waals surface area contributed by atoms with Gasteiger partial charge in [0.05, 0.1) is 24.5 Å². The predicted octanol–water partition coefficient (Wildman–Crippen LogP) is 0.697. The third kappa shape index (κ3) is 2.74. The molecule has 4 rings (SSSR count). The summed E-state index contributed by atoms with van der Waals surface area (Å²) in [6.07, 6.45) is 6.01. The van der Waals surface area contributed by atoms with Crippen LogP contribution in [0.15, 0.2) is 18.6 Å². The fourth-order valence-electron chi connectivity index (χ4n) is 3.71. The lowest BCUT2D eigenvalue weighted by molar-refractivity contribution is -0.605. The number of amides is 1. The first-order chi connectivity index (χ1) is 12.3. The quantitative estimate of drug-likeness (QED) is 0.619. The van der Waals surface area contributed by atoms with E-state index in [0.29, 0.717) is 28.1 Å². The van der Waals surface area contributed by atoms with Gasteiger partial charge in [-0.15, -0.1) is 0 Å². The van der Waals surface area contributed by atoms with Gasteiger partial charge < -0.3 is 15.6 Å². The van der Waals surface area contributed by atoms with Crippen LogP contribution in [0.4, 0.5) is 0 Å². The monoisotopic (exact) mass is 357 g/mol. The normalized spacial score (nSPS) is 21.8. The molecule has 1 unspecified atom stereocenters. The average molecular weight is 357 g/mol. The third-order valence-electron chi connectivity index (χ3n) is 5.39. The molecule has 3 atom stereocenters. The van der Waals surface area contributed by atoms with Gasteiger partial charge in [0.25, 0.3) is 5.91 Å². The van der Waals surface area contributed by atoms with Gasteiger partial charge >= 0.3 is 0 Å². The molecular weight excluding hydrogens is 334 g/mol. The van der Waals surface area contributed by atoms with E-state index in [0.717, 1.165) is 24.1 Å². The minimum Gasteiger partial charge on any atom is -0.619 e. The van der Waals surface area contributed by atoms with Gasteiger partial charge in [-0.2, -0.15) is 9.83 Å². The van der Waals surface area contributed by atoms with Gasteiger partial charge in [-0.05, 0) is 24.2 Å². The van der Waals surface area contributed by atoms with Gasteiger partial charge in [-0.25, -0.2) is 9.67 Å². The van der Waals surface area contributed by atoms with Gasteiger partial charge in [0.15, 0.2) is 11.9 Å². The number of aromatic nitrogens is 4. The molecule has 1 fully saturated rings. The molecule has 2 N–H and O–H groups in total. The largest absolute Gasteiger partial charge is 0.619 e. The summed E-state index contributed by atoms with van der Waals surface area (Å²) in [7, 11) is 0. The summed E-state index contributed by atoms with van der Waals surface area (Å²) in [4.78, 5) is 17.1. The van der Waals surface area contributed by atoms with E-state index >= 15 is 0 Å². The Morgan fingerprint density at radius 3 is 2.96 bits per heavy atom. The number of aliphatic hydroxyl groups excluding tert-OH is 1. The van der Waals surface area contributed by atoms with Gasteiger partial charge in [-0.3, -0.25) is 4.79 Å². The maximum atomic E-state index is 12.9. The van der Waals surface area contributed by atoms with Crippen LogP contribution in [0, 0.1) is 16.5 Å². The smallest absolute Gasteiger partial charge is 0.272 e. The van der Waals surface area contributed by atoms with Crippen LogP contribution in [0.2, 0.25) is 0 Å². The molecule has 8 nitrogen and oxygen atoms in total. The van der Waals surface area contributed by atoms with Crippen LogP contribution in [0.5, 0.6) is 0 Å².